The lowest BCUT2D eigenvalue weighted by molar-refractivity contribution is -0.359. The van der Waals surface area contributed by atoms with Crippen molar-refractivity contribution in [3.8, 4) is 0 Å². The maximum atomic E-state index is 13.4. The summed E-state index contributed by atoms with van der Waals surface area (Å²) in [6, 6.07) is -0.930. The van der Waals surface area contributed by atoms with Crippen LogP contribution in [0.5, 0.6) is 0 Å². The average Bonchev–Trinajstić information content (AvgIpc) is 0.794. The van der Waals surface area contributed by atoms with Gasteiger partial charge in [-0.05, 0) is 96.3 Å². The van der Waals surface area contributed by atoms with Crippen LogP contribution < -0.4 is 5.32 Å². The summed E-state index contributed by atoms with van der Waals surface area (Å²) >= 11 is 0. The van der Waals surface area contributed by atoms with Crippen LogP contribution in [0.15, 0.2) is 134 Å². The summed E-state index contributed by atoms with van der Waals surface area (Å²) in [5, 5.41) is 87.6. The normalized spacial score (nSPS) is 22.9. The summed E-state index contributed by atoms with van der Waals surface area (Å²) in [5.74, 6) is -0.250. The molecular formula is C83H141NO13. The van der Waals surface area contributed by atoms with E-state index in [1.165, 1.54) is 148 Å². The molecule has 1 amide bonds. The Hall–Kier alpha value is -3.87. The summed E-state index contributed by atoms with van der Waals surface area (Å²) in [7, 11) is 0. The minimum atomic E-state index is -1.80. The molecule has 2 aliphatic heterocycles. The van der Waals surface area contributed by atoms with Gasteiger partial charge in [0.05, 0.1) is 32.0 Å². The number of carbonyl (C=O) groups excluding carboxylic acids is 1. The van der Waals surface area contributed by atoms with E-state index in [2.05, 4.69) is 141 Å². The van der Waals surface area contributed by atoms with Crippen LogP contribution >= 0.6 is 0 Å². The van der Waals surface area contributed by atoms with Crippen molar-refractivity contribution in [2.75, 3.05) is 19.8 Å². The molecule has 2 fully saturated rings. The van der Waals surface area contributed by atoms with Crippen molar-refractivity contribution >= 4 is 5.91 Å². The minimum Gasteiger partial charge on any atom is -0.394 e. The number of hydrogen-bond donors (Lipinski definition) is 9. The zero-order chi connectivity index (χ0) is 70.1. The van der Waals surface area contributed by atoms with E-state index in [0.717, 1.165) is 116 Å². The average molecular weight is 1360 g/mol. The summed E-state index contributed by atoms with van der Waals surface area (Å²) in [6.07, 6.45) is 80.8. The smallest absolute Gasteiger partial charge is 0.220 e. The molecule has 9 N–H and O–H groups in total. The zero-order valence-corrected chi connectivity index (χ0v) is 60.8. The Morgan fingerprint density at radius 3 is 1.09 bits per heavy atom. The fourth-order valence-electron chi connectivity index (χ4n) is 12.0. The molecule has 12 unspecified atom stereocenters. The number of rotatable bonds is 63. The highest BCUT2D eigenvalue weighted by atomic mass is 16.7. The maximum Gasteiger partial charge on any atom is 0.220 e. The third-order valence-corrected chi connectivity index (χ3v) is 18.1. The molecule has 0 spiro atoms. The first-order valence-corrected chi connectivity index (χ1v) is 38.9. The molecule has 0 bridgehead atoms. The lowest BCUT2D eigenvalue weighted by Crippen LogP contribution is -2.65. The van der Waals surface area contributed by atoms with Gasteiger partial charge in [0.25, 0.3) is 0 Å². The van der Waals surface area contributed by atoms with Crippen LogP contribution in [0.2, 0.25) is 0 Å². The molecule has 2 aliphatic rings. The molecule has 0 aromatic heterocycles. The summed E-state index contributed by atoms with van der Waals surface area (Å²) < 4.78 is 22.9. The second-order valence-electron chi connectivity index (χ2n) is 26.8. The van der Waals surface area contributed by atoms with Crippen LogP contribution in [-0.2, 0) is 23.7 Å². The molecule has 0 aromatic carbocycles. The van der Waals surface area contributed by atoms with E-state index in [1.54, 1.807) is 6.08 Å². The van der Waals surface area contributed by atoms with E-state index >= 15 is 0 Å². The van der Waals surface area contributed by atoms with Crippen LogP contribution in [-0.4, -0.2) is 140 Å². The number of carbonyl (C=O) groups is 1. The van der Waals surface area contributed by atoms with Crippen LogP contribution in [0.25, 0.3) is 0 Å². The molecule has 14 heteroatoms. The van der Waals surface area contributed by atoms with Crippen LogP contribution in [0, 0.1) is 0 Å². The first-order chi connectivity index (χ1) is 47.6. The second kappa shape index (κ2) is 65.4. The van der Waals surface area contributed by atoms with E-state index < -0.39 is 86.8 Å². The van der Waals surface area contributed by atoms with Gasteiger partial charge < -0.3 is 65.1 Å². The van der Waals surface area contributed by atoms with Crippen molar-refractivity contribution in [3.05, 3.63) is 134 Å². The molecule has 12 atom stereocenters. The maximum absolute atomic E-state index is 13.4. The standard InChI is InChI=1S/C83H141NO13/c1-3-5-7-9-11-13-15-17-19-21-23-25-27-29-30-31-32-33-34-35-36-37-38-39-40-41-42-43-45-47-49-51-53-55-57-59-61-63-65-67-75(88)84-71(70-94-82-80(93)78(91)81(74(69-86)96-82)97-83-79(92)77(90)76(89)73(68-85)95-83)72(87)66-64-62-60-58-56-54-52-50-48-46-44-28-26-24-22-20-18-16-14-12-10-8-6-4-2/h5,7,11,13,17,19,23,25,29-30,32-33,35-36,38-39,41-42,45,47,64,66,71-74,76-83,85-87,89-93H,3-4,6,8-10,12,14-16,18,20-22,24,26-28,31,34,37,40,43-44,46,48-63,65,67-70H2,1-2H3,(H,84,88)/b7-5-,13-11-,19-17-,25-23-,30-29-,33-32-,36-35-,39-38-,42-41-,47-45-,66-64+. The van der Waals surface area contributed by atoms with E-state index in [-0.39, 0.29) is 18.9 Å². The van der Waals surface area contributed by atoms with E-state index in [9.17, 15) is 45.6 Å². The van der Waals surface area contributed by atoms with Crippen LogP contribution in [0.1, 0.15) is 290 Å². The van der Waals surface area contributed by atoms with Crippen molar-refractivity contribution in [2.45, 2.75) is 364 Å². The molecule has 2 heterocycles. The molecule has 0 radical (unpaired) electrons. The SMILES string of the molecule is CC/C=C\C/C=C\C/C=C\C/C=C\C/C=C\C/C=C\C/C=C\C/C=C\C/C=C\C/C=C\CCCCCCCCCCC(=O)NC(COC1OC(CO)C(OC2OC(CO)C(O)C(O)C2O)C(O)C1O)C(O)/C=C/CCCCCCCCCCCCCCCCCCCCCCCC. The van der Waals surface area contributed by atoms with Gasteiger partial charge in [0.2, 0.25) is 5.91 Å². The van der Waals surface area contributed by atoms with Gasteiger partial charge in [0, 0.05) is 6.42 Å². The predicted molar refractivity (Wildman–Crippen MR) is 401 cm³/mol. The topological polar surface area (TPSA) is 228 Å². The Bertz CT molecular complexity index is 2140. The first kappa shape index (κ1) is 89.2. The molecule has 0 saturated carbocycles. The third-order valence-electron chi connectivity index (χ3n) is 18.1. The lowest BCUT2D eigenvalue weighted by Gasteiger charge is -2.46. The van der Waals surface area contributed by atoms with E-state index in [0.29, 0.717) is 6.42 Å². The molecule has 14 nitrogen and oxygen atoms in total. The van der Waals surface area contributed by atoms with Gasteiger partial charge in [-0.3, -0.25) is 4.79 Å². The van der Waals surface area contributed by atoms with Gasteiger partial charge in [-0.1, -0.05) is 321 Å². The Balaban J connectivity index is 1.65. The first-order valence-electron chi connectivity index (χ1n) is 38.9. The molecular weight excluding hydrogens is 1220 g/mol. The number of amides is 1. The monoisotopic (exact) mass is 1360 g/mol. The summed E-state index contributed by atoms with van der Waals surface area (Å²) in [5.41, 5.74) is 0. The highest BCUT2D eigenvalue weighted by Crippen LogP contribution is 2.30. The Morgan fingerprint density at radius 1 is 0.381 bits per heavy atom. The van der Waals surface area contributed by atoms with Crippen LogP contribution in [0.3, 0.4) is 0 Å². The number of aliphatic hydroxyl groups is 8. The van der Waals surface area contributed by atoms with E-state index in [1.807, 2.05) is 6.08 Å². The third kappa shape index (κ3) is 48.6. The van der Waals surface area contributed by atoms with Gasteiger partial charge >= 0.3 is 0 Å². The molecule has 97 heavy (non-hydrogen) atoms. The number of aliphatic hydroxyl groups excluding tert-OH is 8. The summed E-state index contributed by atoms with van der Waals surface area (Å²) in [4.78, 5) is 13.4. The van der Waals surface area contributed by atoms with Crippen molar-refractivity contribution in [3.63, 3.8) is 0 Å². The van der Waals surface area contributed by atoms with Gasteiger partial charge in [-0.2, -0.15) is 0 Å². The highest BCUT2D eigenvalue weighted by Gasteiger charge is 2.51. The van der Waals surface area contributed by atoms with Crippen molar-refractivity contribution in [1.82, 2.24) is 5.32 Å². The number of ether oxygens (including phenoxy) is 4. The zero-order valence-electron chi connectivity index (χ0n) is 60.8. The largest absolute Gasteiger partial charge is 0.394 e. The Morgan fingerprint density at radius 2 is 0.711 bits per heavy atom. The minimum absolute atomic E-state index is 0.250. The Kier molecular flexibility index (Phi) is 60.2. The fraction of sp³-hybridized carbons (Fsp3) is 0.723. The lowest BCUT2D eigenvalue weighted by atomic mass is 9.97. The van der Waals surface area contributed by atoms with Crippen LogP contribution in [0.4, 0.5) is 0 Å². The van der Waals surface area contributed by atoms with E-state index in [4.69, 9.17) is 18.9 Å². The van der Waals surface area contributed by atoms with Gasteiger partial charge in [-0.15, -0.1) is 0 Å². The highest BCUT2D eigenvalue weighted by molar-refractivity contribution is 5.76. The molecule has 556 valence electrons. The molecule has 2 rings (SSSR count). The van der Waals surface area contributed by atoms with Gasteiger partial charge in [0.1, 0.15) is 48.8 Å². The predicted octanol–water partition coefficient (Wildman–Crippen LogP) is 17.4. The number of unbranched alkanes of at least 4 members (excludes halogenated alkanes) is 30. The summed E-state index contributed by atoms with van der Waals surface area (Å²) in [6.45, 7) is 2.70. The molecule has 0 aliphatic carbocycles. The van der Waals surface area contributed by atoms with Crippen molar-refractivity contribution in [1.29, 1.82) is 0 Å². The van der Waals surface area contributed by atoms with Gasteiger partial charge in [-0.25, -0.2) is 0 Å². The quantitative estimate of drug-likeness (QED) is 0.0204. The molecule has 0 aromatic rings. The fourth-order valence-corrected chi connectivity index (χ4v) is 12.0. The number of hydrogen-bond acceptors (Lipinski definition) is 13. The molecule has 2 saturated heterocycles. The van der Waals surface area contributed by atoms with Crippen molar-refractivity contribution in [2.24, 2.45) is 0 Å². The van der Waals surface area contributed by atoms with Crippen molar-refractivity contribution < 1.29 is 64.6 Å². The van der Waals surface area contributed by atoms with Gasteiger partial charge in [0.15, 0.2) is 12.6 Å². The second-order valence-corrected chi connectivity index (χ2v) is 26.8. The Labute approximate surface area is 590 Å². The number of nitrogens with one attached hydrogen (secondary N) is 1. The number of allylic oxidation sites excluding steroid dienone is 21.